The Morgan fingerprint density at radius 1 is 1.16 bits per heavy atom. The summed E-state index contributed by atoms with van der Waals surface area (Å²) in [4.78, 5) is 27.0. The van der Waals surface area contributed by atoms with Crippen molar-refractivity contribution >= 4 is 12.0 Å². The predicted octanol–water partition coefficient (Wildman–Crippen LogP) is 2.50. The van der Waals surface area contributed by atoms with Crippen molar-refractivity contribution in [3.05, 3.63) is 35.4 Å². The van der Waals surface area contributed by atoms with Crippen molar-refractivity contribution in [1.29, 1.82) is 0 Å². The highest BCUT2D eigenvalue weighted by molar-refractivity contribution is 5.88. The molecule has 0 bridgehead atoms. The first-order valence-corrected chi connectivity index (χ1v) is 8.34. The maximum absolute atomic E-state index is 13.6. The van der Waals surface area contributed by atoms with Gasteiger partial charge in [0.25, 0.3) is 5.91 Å². The van der Waals surface area contributed by atoms with Crippen LogP contribution < -0.4 is 0 Å². The zero-order valence-corrected chi connectivity index (χ0v) is 13.5. The minimum absolute atomic E-state index is 0.199. The molecule has 25 heavy (non-hydrogen) atoms. The molecule has 1 aromatic rings. The SMILES string of the molecule is O=C(O)N1CCC2(CC1)O[C@@H]1CC[C@@H](c3cc(F)cc(F)c3)N1C2=O. The van der Waals surface area contributed by atoms with Crippen LogP contribution in [0.1, 0.15) is 37.3 Å². The molecule has 3 saturated heterocycles. The molecule has 2 atom stereocenters. The van der Waals surface area contributed by atoms with Crippen LogP contribution in [0, 0.1) is 11.6 Å². The monoisotopic (exact) mass is 352 g/mol. The molecule has 0 radical (unpaired) electrons. The quantitative estimate of drug-likeness (QED) is 0.843. The number of rotatable bonds is 1. The first-order valence-electron chi connectivity index (χ1n) is 8.34. The Hall–Kier alpha value is -2.22. The first kappa shape index (κ1) is 16.3. The van der Waals surface area contributed by atoms with E-state index in [0.29, 0.717) is 31.2 Å². The van der Waals surface area contributed by atoms with Gasteiger partial charge in [0.1, 0.15) is 17.9 Å². The van der Waals surface area contributed by atoms with Crippen molar-refractivity contribution in [2.24, 2.45) is 0 Å². The van der Waals surface area contributed by atoms with Crippen molar-refractivity contribution in [1.82, 2.24) is 9.80 Å². The summed E-state index contributed by atoms with van der Waals surface area (Å²) in [5, 5.41) is 9.06. The Kier molecular flexibility index (Phi) is 3.68. The molecule has 1 N–H and O–H groups in total. The van der Waals surface area contributed by atoms with Crippen LogP contribution in [0.25, 0.3) is 0 Å². The highest BCUT2D eigenvalue weighted by Gasteiger charge is 2.58. The van der Waals surface area contributed by atoms with E-state index in [-0.39, 0.29) is 19.0 Å². The van der Waals surface area contributed by atoms with Crippen LogP contribution in [0.4, 0.5) is 13.6 Å². The summed E-state index contributed by atoms with van der Waals surface area (Å²) in [5.74, 6) is -1.54. The average molecular weight is 352 g/mol. The van der Waals surface area contributed by atoms with Gasteiger partial charge in [0.2, 0.25) is 0 Å². The topological polar surface area (TPSA) is 70.1 Å². The number of amides is 2. The number of carbonyl (C=O) groups is 2. The summed E-state index contributed by atoms with van der Waals surface area (Å²) in [6, 6.07) is 2.89. The number of hydrogen-bond donors (Lipinski definition) is 1. The number of halogens is 2. The summed E-state index contributed by atoms with van der Waals surface area (Å²) in [7, 11) is 0. The van der Waals surface area contributed by atoms with Crippen LogP contribution in [-0.4, -0.2) is 51.8 Å². The highest BCUT2D eigenvalue weighted by atomic mass is 19.1. The van der Waals surface area contributed by atoms with E-state index in [4.69, 9.17) is 9.84 Å². The number of likely N-dealkylation sites (tertiary alicyclic amines) is 1. The largest absolute Gasteiger partial charge is 0.465 e. The molecule has 0 saturated carbocycles. The molecule has 3 aliphatic heterocycles. The fraction of sp³-hybridized carbons (Fsp3) is 0.529. The van der Waals surface area contributed by atoms with E-state index in [0.717, 1.165) is 6.07 Å². The second-order valence-electron chi connectivity index (χ2n) is 6.84. The number of nitrogens with zero attached hydrogens (tertiary/aromatic N) is 2. The van der Waals surface area contributed by atoms with Crippen LogP contribution in [0.3, 0.4) is 0 Å². The third-order valence-corrected chi connectivity index (χ3v) is 5.43. The molecule has 1 aromatic carbocycles. The van der Waals surface area contributed by atoms with Crippen molar-refractivity contribution in [3.8, 4) is 0 Å². The zero-order chi connectivity index (χ0) is 17.8. The van der Waals surface area contributed by atoms with Crippen LogP contribution in [0.15, 0.2) is 18.2 Å². The van der Waals surface area contributed by atoms with Gasteiger partial charge in [-0.2, -0.15) is 0 Å². The average Bonchev–Trinajstić information content (AvgIpc) is 3.06. The second-order valence-corrected chi connectivity index (χ2v) is 6.84. The first-order chi connectivity index (χ1) is 11.9. The number of carbonyl (C=O) groups excluding carboxylic acids is 1. The summed E-state index contributed by atoms with van der Waals surface area (Å²) >= 11 is 0. The van der Waals surface area contributed by atoms with E-state index in [2.05, 4.69) is 0 Å². The molecule has 4 rings (SSSR count). The number of ether oxygens (including phenoxy) is 1. The number of piperidine rings is 1. The van der Waals surface area contributed by atoms with Gasteiger partial charge in [-0.25, -0.2) is 13.6 Å². The molecule has 3 fully saturated rings. The van der Waals surface area contributed by atoms with Crippen LogP contribution in [0.5, 0.6) is 0 Å². The molecule has 0 aliphatic carbocycles. The van der Waals surface area contributed by atoms with Gasteiger partial charge in [0.15, 0.2) is 5.60 Å². The third-order valence-electron chi connectivity index (χ3n) is 5.43. The Morgan fingerprint density at radius 3 is 2.40 bits per heavy atom. The minimum Gasteiger partial charge on any atom is -0.465 e. The number of hydrogen-bond acceptors (Lipinski definition) is 3. The maximum atomic E-state index is 13.6. The van der Waals surface area contributed by atoms with E-state index in [1.807, 2.05) is 0 Å². The van der Waals surface area contributed by atoms with Gasteiger partial charge in [-0.15, -0.1) is 0 Å². The van der Waals surface area contributed by atoms with E-state index in [1.165, 1.54) is 17.0 Å². The van der Waals surface area contributed by atoms with Crippen molar-refractivity contribution in [3.63, 3.8) is 0 Å². The molecule has 3 heterocycles. The summed E-state index contributed by atoms with van der Waals surface area (Å²) in [5.41, 5.74) is -0.585. The molecular formula is C17H18F2N2O4. The van der Waals surface area contributed by atoms with Gasteiger partial charge in [-0.1, -0.05) is 0 Å². The lowest BCUT2D eigenvalue weighted by Crippen LogP contribution is -2.51. The number of benzene rings is 1. The van der Waals surface area contributed by atoms with E-state index in [1.54, 1.807) is 4.90 Å². The van der Waals surface area contributed by atoms with Crippen molar-refractivity contribution in [2.75, 3.05) is 13.1 Å². The molecule has 2 amide bonds. The van der Waals surface area contributed by atoms with Crippen molar-refractivity contribution in [2.45, 2.75) is 43.6 Å². The smallest absolute Gasteiger partial charge is 0.407 e. The Bertz CT molecular complexity index is 713. The molecule has 3 aliphatic rings. The molecule has 1 spiro atoms. The Labute approximate surface area is 143 Å². The lowest BCUT2D eigenvalue weighted by Gasteiger charge is -2.36. The summed E-state index contributed by atoms with van der Waals surface area (Å²) in [6.07, 6.45) is 0.356. The van der Waals surface area contributed by atoms with Crippen LogP contribution in [-0.2, 0) is 9.53 Å². The molecule has 6 nitrogen and oxygen atoms in total. The summed E-state index contributed by atoms with van der Waals surface area (Å²) < 4.78 is 33.1. The van der Waals surface area contributed by atoms with E-state index in [9.17, 15) is 18.4 Å². The highest BCUT2D eigenvalue weighted by Crippen LogP contribution is 2.47. The molecule has 0 unspecified atom stereocenters. The normalized spacial score (nSPS) is 27.8. The predicted molar refractivity (Wildman–Crippen MR) is 81.6 cm³/mol. The molecule has 0 aromatic heterocycles. The van der Waals surface area contributed by atoms with Gasteiger partial charge in [0, 0.05) is 32.0 Å². The van der Waals surface area contributed by atoms with Gasteiger partial charge in [-0.05, 0) is 30.5 Å². The maximum Gasteiger partial charge on any atom is 0.407 e. The van der Waals surface area contributed by atoms with Gasteiger partial charge >= 0.3 is 6.09 Å². The third kappa shape index (κ3) is 2.55. The molecule has 8 heteroatoms. The lowest BCUT2D eigenvalue weighted by atomic mass is 9.89. The lowest BCUT2D eigenvalue weighted by molar-refractivity contribution is -0.142. The fourth-order valence-corrected chi connectivity index (χ4v) is 4.20. The minimum atomic E-state index is -1.01. The van der Waals surface area contributed by atoms with Crippen molar-refractivity contribution < 1.29 is 28.2 Å². The summed E-state index contributed by atoms with van der Waals surface area (Å²) in [6.45, 7) is 0.474. The van der Waals surface area contributed by atoms with E-state index < -0.39 is 35.6 Å². The number of fused-ring (bicyclic) bond motifs is 1. The number of carboxylic acid groups (broad SMARTS) is 1. The Morgan fingerprint density at radius 2 is 1.80 bits per heavy atom. The second kappa shape index (κ2) is 5.66. The molecular weight excluding hydrogens is 334 g/mol. The van der Waals surface area contributed by atoms with Crippen LogP contribution >= 0.6 is 0 Å². The molecule has 134 valence electrons. The fourth-order valence-electron chi connectivity index (χ4n) is 4.20. The standard InChI is InChI=1S/C17H18F2N2O4/c18-11-7-10(8-12(19)9-11)13-1-2-14-21(13)15(22)17(25-14)3-5-20(6-4-17)16(23)24/h7-9,13-14H,1-6H2,(H,23,24)/t13-,14+/m0/s1. The van der Waals surface area contributed by atoms with Gasteiger partial charge < -0.3 is 19.6 Å². The Balaban J connectivity index is 1.58. The van der Waals surface area contributed by atoms with Gasteiger partial charge in [0.05, 0.1) is 6.04 Å². The zero-order valence-electron chi connectivity index (χ0n) is 13.5. The van der Waals surface area contributed by atoms with Crippen LogP contribution in [0.2, 0.25) is 0 Å². The van der Waals surface area contributed by atoms with E-state index >= 15 is 0 Å². The van der Waals surface area contributed by atoms with Gasteiger partial charge in [-0.3, -0.25) is 4.79 Å².